The quantitative estimate of drug-likeness (QED) is 0.863. The summed E-state index contributed by atoms with van der Waals surface area (Å²) in [5.41, 5.74) is 2.47. The van der Waals surface area contributed by atoms with Crippen molar-refractivity contribution >= 4 is 17.0 Å². The molecule has 5 nitrogen and oxygen atoms in total. The van der Waals surface area contributed by atoms with Gasteiger partial charge in [0.25, 0.3) is 0 Å². The average Bonchev–Trinajstić information content (AvgIpc) is 2.67. The highest BCUT2D eigenvalue weighted by atomic mass is 16.3. The van der Waals surface area contributed by atoms with Crippen molar-refractivity contribution in [3.8, 4) is 0 Å². The molecule has 2 aromatic rings. The van der Waals surface area contributed by atoms with E-state index in [2.05, 4.69) is 4.98 Å². The highest BCUT2D eigenvalue weighted by Gasteiger charge is 2.09. The predicted molar refractivity (Wildman–Crippen MR) is 62.3 cm³/mol. The van der Waals surface area contributed by atoms with Crippen LogP contribution in [0.1, 0.15) is 11.5 Å². The van der Waals surface area contributed by atoms with Gasteiger partial charge in [-0.15, -0.1) is 0 Å². The summed E-state index contributed by atoms with van der Waals surface area (Å²) in [4.78, 5) is 16.9. The molecule has 90 valence electrons. The summed E-state index contributed by atoms with van der Waals surface area (Å²) < 4.78 is 5.36. The first-order chi connectivity index (χ1) is 8.10. The number of carbonyl (C=O) groups excluding carboxylic acids is 1. The lowest BCUT2D eigenvalue weighted by atomic mass is 10.2. The van der Waals surface area contributed by atoms with Crippen LogP contribution in [0.5, 0.6) is 0 Å². The van der Waals surface area contributed by atoms with E-state index < -0.39 is 6.61 Å². The number of fused-ring (bicyclic) bond motifs is 1. The Morgan fingerprint density at radius 2 is 2.29 bits per heavy atom. The van der Waals surface area contributed by atoms with Crippen molar-refractivity contribution in [2.24, 2.45) is 0 Å². The molecule has 0 aliphatic rings. The van der Waals surface area contributed by atoms with Crippen molar-refractivity contribution in [3.63, 3.8) is 0 Å². The number of rotatable bonds is 3. The average molecular weight is 234 g/mol. The Balaban J connectivity index is 2.21. The Bertz CT molecular complexity index is 548. The molecule has 0 aliphatic carbocycles. The molecule has 0 bridgehead atoms. The first kappa shape index (κ1) is 11.6. The van der Waals surface area contributed by atoms with Gasteiger partial charge < -0.3 is 14.4 Å². The summed E-state index contributed by atoms with van der Waals surface area (Å²) in [6, 6.07) is 5.60. The SMILES string of the molecule is Cc1nc2cc(CN(C)C(=O)CO)ccc2o1. The van der Waals surface area contributed by atoms with Gasteiger partial charge in [0.05, 0.1) is 0 Å². The van der Waals surface area contributed by atoms with Gasteiger partial charge >= 0.3 is 0 Å². The molecule has 17 heavy (non-hydrogen) atoms. The lowest BCUT2D eigenvalue weighted by Crippen LogP contribution is -2.28. The van der Waals surface area contributed by atoms with E-state index in [0.717, 1.165) is 16.7 Å². The fraction of sp³-hybridized carbons (Fsp3) is 0.333. The second-order valence-corrected chi connectivity index (χ2v) is 3.94. The third-order valence-corrected chi connectivity index (χ3v) is 2.54. The molecule has 1 amide bonds. The molecule has 0 radical (unpaired) electrons. The number of likely N-dealkylation sites (N-methyl/N-ethyl adjacent to an activating group) is 1. The van der Waals surface area contributed by atoms with Gasteiger partial charge in [0.15, 0.2) is 11.5 Å². The monoisotopic (exact) mass is 234 g/mol. The highest BCUT2D eigenvalue weighted by molar-refractivity contribution is 5.77. The summed E-state index contributed by atoms with van der Waals surface area (Å²) in [6.07, 6.45) is 0. The first-order valence-electron chi connectivity index (χ1n) is 5.31. The van der Waals surface area contributed by atoms with Gasteiger partial charge in [-0.25, -0.2) is 4.98 Å². The molecule has 0 atom stereocenters. The predicted octanol–water partition coefficient (Wildman–Crippen LogP) is 1.09. The van der Waals surface area contributed by atoms with Crippen LogP contribution < -0.4 is 0 Å². The molecule has 5 heteroatoms. The number of oxazole rings is 1. The topological polar surface area (TPSA) is 66.6 Å². The lowest BCUT2D eigenvalue weighted by Gasteiger charge is -2.15. The maximum atomic E-state index is 11.2. The van der Waals surface area contributed by atoms with Gasteiger partial charge in [-0.3, -0.25) is 4.79 Å². The molecule has 2 rings (SSSR count). The second-order valence-electron chi connectivity index (χ2n) is 3.94. The van der Waals surface area contributed by atoms with Gasteiger partial charge in [-0.2, -0.15) is 0 Å². The van der Waals surface area contributed by atoms with E-state index in [1.807, 2.05) is 18.2 Å². The molecule has 0 aliphatic heterocycles. The second kappa shape index (κ2) is 4.55. The molecular weight excluding hydrogens is 220 g/mol. The number of aromatic nitrogens is 1. The number of aliphatic hydroxyl groups is 1. The Hall–Kier alpha value is -1.88. The largest absolute Gasteiger partial charge is 0.441 e. The number of aliphatic hydroxyl groups excluding tert-OH is 1. The third kappa shape index (κ3) is 2.45. The fourth-order valence-corrected chi connectivity index (χ4v) is 1.67. The summed E-state index contributed by atoms with van der Waals surface area (Å²) >= 11 is 0. The van der Waals surface area contributed by atoms with Crippen LogP contribution in [0.2, 0.25) is 0 Å². The zero-order valence-electron chi connectivity index (χ0n) is 9.80. The van der Waals surface area contributed by atoms with Gasteiger partial charge in [0, 0.05) is 20.5 Å². The van der Waals surface area contributed by atoms with Crippen LogP contribution in [-0.4, -0.2) is 34.6 Å². The zero-order valence-corrected chi connectivity index (χ0v) is 9.80. The van der Waals surface area contributed by atoms with Crippen molar-refractivity contribution in [1.82, 2.24) is 9.88 Å². The van der Waals surface area contributed by atoms with Gasteiger partial charge in [0.1, 0.15) is 12.1 Å². The summed E-state index contributed by atoms with van der Waals surface area (Å²) in [5.74, 6) is 0.318. The van der Waals surface area contributed by atoms with Crippen LogP contribution in [0.15, 0.2) is 22.6 Å². The Morgan fingerprint density at radius 1 is 1.53 bits per heavy atom. The van der Waals surface area contributed by atoms with Gasteiger partial charge in [0.2, 0.25) is 5.91 Å². The van der Waals surface area contributed by atoms with E-state index in [9.17, 15) is 4.79 Å². The van der Waals surface area contributed by atoms with Crippen molar-refractivity contribution in [2.45, 2.75) is 13.5 Å². The smallest absolute Gasteiger partial charge is 0.248 e. The van der Waals surface area contributed by atoms with Gasteiger partial charge in [-0.05, 0) is 17.7 Å². The molecule has 1 aromatic heterocycles. The van der Waals surface area contributed by atoms with Crippen molar-refractivity contribution in [3.05, 3.63) is 29.7 Å². The minimum Gasteiger partial charge on any atom is -0.441 e. The Labute approximate surface area is 98.7 Å². The van der Waals surface area contributed by atoms with Crippen LogP contribution in [0, 0.1) is 6.92 Å². The molecule has 0 fully saturated rings. The molecular formula is C12H14N2O3. The van der Waals surface area contributed by atoms with E-state index in [4.69, 9.17) is 9.52 Å². The van der Waals surface area contributed by atoms with Crippen molar-refractivity contribution < 1.29 is 14.3 Å². The number of hydrogen-bond acceptors (Lipinski definition) is 4. The van der Waals surface area contributed by atoms with E-state index in [-0.39, 0.29) is 5.91 Å². The molecule has 0 unspecified atom stereocenters. The maximum Gasteiger partial charge on any atom is 0.248 e. The van der Waals surface area contributed by atoms with Crippen molar-refractivity contribution in [1.29, 1.82) is 0 Å². The number of aryl methyl sites for hydroxylation is 1. The Kier molecular flexibility index (Phi) is 3.10. The van der Waals surface area contributed by atoms with Crippen molar-refractivity contribution in [2.75, 3.05) is 13.7 Å². The van der Waals surface area contributed by atoms with Crippen LogP contribution in [0.4, 0.5) is 0 Å². The highest BCUT2D eigenvalue weighted by Crippen LogP contribution is 2.17. The molecule has 0 saturated carbocycles. The summed E-state index contributed by atoms with van der Waals surface area (Å²) in [5, 5.41) is 8.74. The molecule has 1 N–H and O–H groups in total. The molecule has 1 heterocycles. The number of amides is 1. The molecule has 0 saturated heterocycles. The third-order valence-electron chi connectivity index (χ3n) is 2.54. The number of carbonyl (C=O) groups is 1. The minimum absolute atomic E-state index is 0.304. The minimum atomic E-state index is -0.470. The number of hydrogen-bond donors (Lipinski definition) is 1. The maximum absolute atomic E-state index is 11.2. The first-order valence-corrected chi connectivity index (χ1v) is 5.31. The van der Waals surface area contributed by atoms with E-state index >= 15 is 0 Å². The lowest BCUT2D eigenvalue weighted by molar-refractivity contribution is -0.133. The zero-order chi connectivity index (χ0) is 12.4. The van der Waals surface area contributed by atoms with Crippen LogP contribution in [0.25, 0.3) is 11.1 Å². The summed E-state index contributed by atoms with van der Waals surface area (Å²) in [7, 11) is 1.65. The number of benzene rings is 1. The van der Waals surface area contributed by atoms with Crippen LogP contribution in [-0.2, 0) is 11.3 Å². The van der Waals surface area contributed by atoms with Crippen LogP contribution in [0.3, 0.4) is 0 Å². The number of nitrogens with zero attached hydrogens (tertiary/aromatic N) is 2. The standard InChI is InChI=1S/C12H14N2O3/c1-8-13-10-5-9(3-4-11(10)17-8)6-14(2)12(16)7-15/h3-5,15H,6-7H2,1-2H3. The van der Waals surface area contributed by atoms with E-state index in [1.54, 1.807) is 14.0 Å². The summed E-state index contributed by atoms with van der Waals surface area (Å²) in [6.45, 7) is 1.77. The molecule has 0 spiro atoms. The van der Waals surface area contributed by atoms with E-state index in [0.29, 0.717) is 12.4 Å². The molecule has 1 aromatic carbocycles. The fourth-order valence-electron chi connectivity index (χ4n) is 1.67. The Morgan fingerprint density at radius 3 is 3.00 bits per heavy atom. The normalized spacial score (nSPS) is 10.8. The van der Waals surface area contributed by atoms with Crippen LogP contribution >= 0.6 is 0 Å². The van der Waals surface area contributed by atoms with E-state index in [1.165, 1.54) is 4.90 Å². The van der Waals surface area contributed by atoms with Gasteiger partial charge in [-0.1, -0.05) is 6.07 Å².